The standard InChI is InChI=1S/C27H24ClN3O5S/c1-34-21-9-6-19(7-10-21)29-25(32)15-22-26(33)31(20-8-11-23-24(14-20)36-16-35-23)27(37)30(22)13-12-17-2-4-18(28)5-3-17/h2-11,14,22H,12-13,15-16H2,1H3,(H,29,32)/t22-/m0/s1. The molecule has 3 aromatic rings. The number of fused-ring (bicyclic) bond motifs is 1. The van der Waals surface area contributed by atoms with Gasteiger partial charge in [-0.2, -0.15) is 0 Å². The second-order valence-corrected chi connectivity index (χ2v) is 9.36. The van der Waals surface area contributed by atoms with Gasteiger partial charge in [-0.05, 0) is 72.7 Å². The van der Waals surface area contributed by atoms with Crippen molar-refractivity contribution in [3.8, 4) is 17.2 Å². The summed E-state index contributed by atoms with van der Waals surface area (Å²) in [5.74, 6) is 1.26. The quantitative estimate of drug-likeness (QED) is 0.419. The highest BCUT2D eigenvalue weighted by Crippen LogP contribution is 2.37. The number of hydrogen-bond donors (Lipinski definition) is 1. The van der Waals surface area contributed by atoms with E-state index in [1.165, 1.54) is 4.90 Å². The fraction of sp³-hybridized carbons (Fsp3) is 0.222. The summed E-state index contributed by atoms with van der Waals surface area (Å²) in [5.41, 5.74) is 2.22. The predicted molar refractivity (Wildman–Crippen MR) is 145 cm³/mol. The van der Waals surface area contributed by atoms with E-state index in [1.54, 1.807) is 49.6 Å². The molecule has 10 heteroatoms. The molecule has 1 fully saturated rings. The molecule has 2 heterocycles. The molecule has 0 spiro atoms. The summed E-state index contributed by atoms with van der Waals surface area (Å²) in [7, 11) is 1.58. The number of hydrogen-bond acceptors (Lipinski definition) is 6. The van der Waals surface area contributed by atoms with Crippen LogP contribution >= 0.6 is 23.8 Å². The third-order valence-corrected chi connectivity index (χ3v) is 6.91. The van der Waals surface area contributed by atoms with Gasteiger partial charge in [-0.25, -0.2) is 0 Å². The number of ether oxygens (including phenoxy) is 3. The Morgan fingerprint density at radius 3 is 2.54 bits per heavy atom. The average Bonchev–Trinajstić information content (AvgIpc) is 3.46. The summed E-state index contributed by atoms with van der Waals surface area (Å²) in [6.07, 6.45) is 0.558. The first-order chi connectivity index (χ1) is 17.9. The SMILES string of the molecule is COc1ccc(NC(=O)C[C@H]2C(=O)N(c3ccc4c(c3)OCO4)C(=S)N2CCc2ccc(Cl)cc2)cc1. The Kier molecular flexibility index (Phi) is 7.16. The van der Waals surface area contributed by atoms with Gasteiger partial charge in [0.25, 0.3) is 5.91 Å². The summed E-state index contributed by atoms with van der Waals surface area (Å²) >= 11 is 11.8. The molecule has 2 aliphatic heterocycles. The summed E-state index contributed by atoms with van der Waals surface area (Å²) < 4.78 is 16.0. The lowest BCUT2D eigenvalue weighted by atomic mass is 10.1. The molecule has 190 valence electrons. The first-order valence-electron chi connectivity index (χ1n) is 11.7. The molecule has 5 rings (SSSR count). The lowest BCUT2D eigenvalue weighted by Gasteiger charge is -2.24. The Bertz CT molecular complexity index is 1330. The molecule has 37 heavy (non-hydrogen) atoms. The molecule has 2 aliphatic rings. The van der Waals surface area contributed by atoms with Crippen molar-refractivity contribution in [2.75, 3.05) is 30.7 Å². The van der Waals surface area contributed by atoms with E-state index in [4.69, 9.17) is 38.0 Å². The molecule has 2 amide bonds. The van der Waals surface area contributed by atoms with Crippen LogP contribution in [0.5, 0.6) is 17.2 Å². The fourth-order valence-corrected chi connectivity index (χ4v) is 4.85. The van der Waals surface area contributed by atoms with E-state index in [9.17, 15) is 9.59 Å². The zero-order valence-electron chi connectivity index (χ0n) is 20.0. The Hall–Kier alpha value is -3.82. The van der Waals surface area contributed by atoms with Crippen molar-refractivity contribution >= 4 is 52.1 Å². The van der Waals surface area contributed by atoms with Crippen LogP contribution in [0.2, 0.25) is 5.02 Å². The van der Waals surface area contributed by atoms with Gasteiger partial charge in [0.15, 0.2) is 16.6 Å². The number of halogens is 1. The van der Waals surface area contributed by atoms with Crippen molar-refractivity contribution in [2.24, 2.45) is 0 Å². The lowest BCUT2D eigenvalue weighted by Crippen LogP contribution is -2.39. The largest absolute Gasteiger partial charge is 0.497 e. The number of methoxy groups -OCH3 is 1. The number of carbonyl (C=O) groups is 2. The Morgan fingerprint density at radius 2 is 1.81 bits per heavy atom. The van der Waals surface area contributed by atoms with Crippen LogP contribution in [0.15, 0.2) is 66.7 Å². The molecule has 0 bridgehead atoms. The van der Waals surface area contributed by atoms with Gasteiger partial charge in [-0.3, -0.25) is 14.5 Å². The third-order valence-electron chi connectivity index (χ3n) is 6.24. The van der Waals surface area contributed by atoms with Crippen LogP contribution in [0, 0.1) is 0 Å². The molecule has 1 saturated heterocycles. The number of nitrogens with one attached hydrogen (secondary N) is 1. The van der Waals surface area contributed by atoms with Crippen molar-refractivity contribution in [3.05, 3.63) is 77.3 Å². The van der Waals surface area contributed by atoms with Crippen LogP contribution in [-0.4, -0.2) is 48.3 Å². The smallest absolute Gasteiger partial charge is 0.256 e. The second-order valence-electron chi connectivity index (χ2n) is 8.56. The number of amides is 2. The predicted octanol–water partition coefficient (Wildman–Crippen LogP) is 4.65. The maximum atomic E-state index is 13.7. The minimum Gasteiger partial charge on any atom is -0.497 e. The van der Waals surface area contributed by atoms with Crippen LogP contribution in [0.3, 0.4) is 0 Å². The van der Waals surface area contributed by atoms with Crippen LogP contribution in [0.4, 0.5) is 11.4 Å². The monoisotopic (exact) mass is 537 g/mol. The van der Waals surface area contributed by atoms with Crippen molar-refractivity contribution < 1.29 is 23.8 Å². The Labute approximate surface area is 224 Å². The van der Waals surface area contributed by atoms with Crippen LogP contribution < -0.4 is 24.4 Å². The molecule has 1 atom stereocenters. The second kappa shape index (κ2) is 10.7. The van der Waals surface area contributed by atoms with Crippen molar-refractivity contribution in [1.82, 2.24) is 4.90 Å². The van der Waals surface area contributed by atoms with Crippen LogP contribution in [0.1, 0.15) is 12.0 Å². The maximum absolute atomic E-state index is 13.7. The summed E-state index contributed by atoms with van der Waals surface area (Å²) in [6.45, 7) is 0.576. The van der Waals surface area contributed by atoms with Gasteiger partial charge in [0.05, 0.1) is 19.2 Å². The maximum Gasteiger partial charge on any atom is 0.256 e. The summed E-state index contributed by atoms with van der Waals surface area (Å²) in [4.78, 5) is 29.9. The Balaban J connectivity index is 1.37. The molecular weight excluding hydrogens is 514 g/mol. The first kappa shape index (κ1) is 24.9. The van der Waals surface area contributed by atoms with Crippen LogP contribution in [0.25, 0.3) is 0 Å². The number of nitrogens with zero attached hydrogens (tertiary/aromatic N) is 2. The van der Waals surface area contributed by atoms with E-state index >= 15 is 0 Å². The zero-order chi connectivity index (χ0) is 25.9. The summed E-state index contributed by atoms with van der Waals surface area (Å²) in [5, 5.41) is 3.84. The number of carbonyl (C=O) groups excluding carboxylic acids is 2. The van der Waals surface area contributed by atoms with Gasteiger partial charge in [0, 0.05) is 23.3 Å². The van der Waals surface area contributed by atoms with E-state index in [1.807, 2.05) is 29.2 Å². The van der Waals surface area contributed by atoms with Gasteiger partial charge in [0.2, 0.25) is 12.7 Å². The number of benzene rings is 3. The molecule has 3 aromatic carbocycles. The zero-order valence-corrected chi connectivity index (χ0v) is 21.6. The van der Waals surface area contributed by atoms with Crippen molar-refractivity contribution in [2.45, 2.75) is 18.9 Å². The molecule has 0 unspecified atom stereocenters. The van der Waals surface area contributed by atoms with Gasteiger partial charge >= 0.3 is 0 Å². The molecule has 1 N–H and O–H groups in total. The molecule has 0 aliphatic carbocycles. The number of rotatable bonds is 8. The van der Waals surface area contributed by atoms with E-state index in [0.717, 1.165) is 5.56 Å². The van der Waals surface area contributed by atoms with Gasteiger partial charge < -0.3 is 24.4 Å². The molecule has 0 saturated carbocycles. The van der Waals surface area contributed by atoms with Crippen LogP contribution in [-0.2, 0) is 16.0 Å². The first-order valence-corrected chi connectivity index (χ1v) is 12.4. The summed E-state index contributed by atoms with van der Waals surface area (Å²) in [6, 6.07) is 19.0. The minimum absolute atomic E-state index is 0.0628. The van der Waals surface area contributed by atoms with E-state index in [0.29, 0.717) is 51.7 Å². The molecular formula is C27H24ClN3O5S. The van der Waals surface area contributed by atoms with E-state index < -0.39 is 6.04 Å². The molecule has 0 radical (unpaired) electrons. The highest BCUT2D eigenvalue weighted by atomic mass is 35.5. The number of anilines is 2. The fourth-order valence-electron chi connectivity index (χ4n) is 4.31. The van der Waals surface area contributed by atoms with Gasteiger partial charge in [-0.15, -0.1) is 0 Å². The number of thiocarbonyl (C=S) groups is 1. The lowest BCUT2D eigenvalue weighted by molar-refractivity contribution is -0.124. The van der Waals surface area contributed by atoms with E-state index in [2.05, 4.69) is 5.32 Å². The van der Waals surface area contributed by atoms with E-state index in [-0.39, 0.29) is 25.0 Å². The van der Waals surface area contributed by atoms with Gasteiger partial charge in [0.1, 0.15) is 11.8 Å². The highest BCUT2D eigenvalue weighted by Gasteiger charge is 2.44. The highest BCUT2D eigenvalue weighted by molar-refractivity contribution is 7.80. The third kappa shape index (κ3) is 5.33. The van der Waals surface area contributed by atoms with Crippen molar-refractivity contribution in [1.29, 1.82) is 0 Å². The van der Waals surface area contributed by atoms with Crippen molar-refractivity contribution in [3.63, 3.8) is 0 Å². The molecule has 0 aromatic heterocycles. The Morgan fingerprint density at radius 1 is 1.08 bits per heavy atom. The normalized spacial score (nSPS) is 16.3. The molecule has 8 nitrogen and oxygen atoms in total. The average molecular weight is 538 g/mol. The topological polar surface area (TPSA) is 80.3 Å². The minimum atomic E-state index is -0.761. The van der Waals surface area contributed by atoms with Gasteiger partial charge in [-0.1, -0.05) is 23.7 Å².